The van der Waals surface area contributed by atoms with Gasteiger partial charge < -0.3 is 4.42 Å². The lowest BCUT2D eigenvalue weighted by Gasteiger charge is -1.96. The minimum atomic E-state index is -0.356. The summed E-state index contributed by atoms with van der Waals surface area (Å²) < 4.78 is 5.19. The van der Waals surface area contributed by atoms with Gasteiger partial charge in [-0.3, -0.25) is 10.2 Å². The van der Waals surface area contributed by atoms with Crippen molar-refractivity contribution in [2.45, 2.75) is 17.6 Å². The molecule has 2 heterocycles. The zero-order valence-electron chi connectivity index (χ0n) is 9.10. The summed E-state index contributed by atoms with van der Waals surface area (Å²) in [7, 11) is 0. The van der Waals surface area contributed by atoms with Gasteiger partial charge in [0.1, 0.15) is 5.76 Å². The number of thiazole rings is 1. The maximum Gasteiger partial charge on any atom is 0.294 e. The van der Waals surface area contributed by atoms with Crippen molar-refractivity contribution in [1.29, 1.82) is 0 Å². The highest BCUT2D eigenvalue weighted by atomic mass is 32.2. The summed E-state index contributed by atoms with van der Waals surface area (Å²) in [6, 6.07) is 1.92. The molecule has 0 radical (unpaired) electrons. The van der Waals surface area contributed by atoms with Crippen LogP contribution in [0.5, 0.6) is 0 Å². The average molecular weight is 269 g/mol. The Morgan fingerprint density at radius 1 is 1.71 bits per heavy atom. The fourth-order valence-electron chi connectivity index (χ4n) is 1.21. The lowest BCUT2D eigenvalue weighted by Crippen LogP contribution is -2.29. The van der Waals surface area contributed by atoms with Crippen LogP contribution in [-0.4, -0.2) is 10.9 Å². The Hall–Kier alpha value is -1.31. The number of aromatic nitrogens is 1. The van der Waals surface area contributed by atoms with Gasteiger partial charge in [0.15, 0.2) is 5.01 Å². The van der Waals surface area contributed by atoms with Gasteiger partial charge in [0.2, 0.25) is 0 Å². The molecule has 0 spiro atoms. The first-order valence-corrected chi connectivity index (χ1v) is 6.69. The topological polar surface area (TPSA) is 81.2 Å². The molecule has 0 aliphatic carbocycles. The number of hydrogen-bond donors (Lipinski definition) is 2. The van der Waals surface area contributed by atoms with Crippen molar-refractivity contribution in [2.75, 3.05) is 0 Å². The largest absolute Gasteiger partial charge is 0.468 e. The Morgan fingerprint density at radius 2 is 2.53 bits per heavy atom. The van der Waals surface area contributed by atoms with Crippen LogP contribution < -0.4 is 11.3 Å². The molecule has 7 heteroatoms. The number of rotatable bonds is 4. The molecule has 1 amide bonds. The first kappa shape index (κ1) is 12.2. The quantitative estimate of drug-likeness (QED) is 0.384. The number of carbonyl (C=O) groups excluding carboxylic acids is 1. The molecule has 90 valence electrons. The van der Waals surface area contributed by atoms with Crippen LogP contribution in [0.3, 0.4) is 0 Å². The van der Waals surface area contributed by atoms with Crippen LogP contribution in [0.4, 0.5) is 0 Å². The van der Waals surface area contributed by atoms with Gasteiger partial charge in [-0.15, -0.1) is 23.1 Å². The predicted molar refractivity (Wildman–Crippen MR) is 66.8 cm³/mol. The average Bonchev–Trinajstić information content (AvgIpc) is 2.94. The summed E-state index contributed by atoms with van der Waals surface area (Å²) >= 11 is 2.91. The van der Waals surface area contributed by atoms with Crippen LogP contribution in [0.1, 0.15) is 21.3 Å². The summed E-state index contributed by atoms with van der Waals surface area (Å²) in [5.41, 5.74) is 2.92. The zero-order chi connectivity index (χ0) is 12.3. The summed E-state index contributed by atoms with van der Waals surface area (Å²) in [6.07, 6.45) is 1.66. The van der Waals surface area contributed by atoms with E-state index in [1.165, 1.54) is 11.3 Å². The van der Waals surface area contributed by atoms with Crippen molar-refractivity contribution < 1.29 is 9.21 Å². The van der Waals surface area contributed by atoms with E-state index in [1.54, 1.807) is 18.0 Å². The lowest BCUT2D eigenvalue weighted by atomic mass is 10.5. The van der Waals surface area contributed by atoms with Gasteiger partial charge in [-0.25, -0.2) is 10.8 Å². The van der Waals surface area contributed by atoms with Crippen LogP contribution in [-0.2, 0) is 5.75 Å². The molecule has 0 aliphatic heterocycles. The van der Waals surface area contributed by atoms with Crippen LogP contribution in [0.15, 0.2) is 27.0 Å². The molecule has 3 N–H and O–H groups in total. The highest BCUT2D eigenvalue weighted by Gasteiger charge is 2.10. The summed E-state index contributed by atoms with van der Waals surface area (Å²) in [4.78, 5) is 16.5. The number of carbonyl (C=O) groups is 1. The number of hydrogen-bond acceptors (Lipinski definition) is 6. The zero-order valence-corrected chi connectivity index (χ0v) is 10.7. The van der Waals surface area contributed by atoms with Gasteiger partial charge in [0.05, 0.1) is 12.0 Å². The molecule has 2 aromatic rings. The fourth-order valence-corrected chi connectivity index (χ4v) is 2.89. The molecule has 0 aromatic carbocycles. The van der Waals surface area contributed by atoms with Crippen molar-refractivity contribution in [2.24, 2.45) is 5.84 Å². The number of hydrazine groups is 1. The number of nitrogens with two attached hydrogens (primary N) is 1. The van der Waals surface area contributed by atoms with E-state index in [4.69, 9.17) is 10.3 Å². The third kappa shape index (κ3) is 2.87. The molecule has 0 saturated carbocycles. The number of thioether (sulfide) groups is 1. The highest BCUT2D eigenvalue weighted by molar-refractivity contribution is 7.98. The Bertz CT molecular complexity index is 521. The molecule has 0 unspecified atom stereocenters. The molecular weight excluding hydrogens is 258 g/mol. The van der Waals surface area contributed by atoms with Crippen LogP contribution in [0, 0.1) is 6.92 Å². The van der Waals surface area contributed by atoms with Gasteiger partial charge in [-0.2, -0.15) is 0 Å². The lowest BCUT2D eigenvalue weighted by molar-refractivity contribution is 0.0953. The maximum atomic E-state index is 11.2. The molecule has 0 aliphatic rings. The van der Waals surface area contributed by atoms with Crippen molar-refractivity contribution in [3.05, 3.63) is 34.2 Å². The van der Waals surface area contributed by atoms with Crippen molar-refractivity contribution in [3.8, 4) is 0 Å². The number of amides is 1. The monoisotopic (exact) mass is 269 g/mol. The normalized spacial score (nSPS) is 10.5. The Balaban J connectivity index is 1.98. The van der Waals surface area contributed by atoms with E-state index >= 15 is 0 Å². The third-order valence-electron chi connectivity index (χ3n) is 2.06. The van der Waals surface area contributed by atoms with Gasteiger partial charge in [-0.05, 0) is 13.0 Å². The number of furan rings is 1. The van der Waals surface area contributed by atoms with E-state index in [2.05, 4.69) is 10.4 Å². The van der Waals surface area contributed by atoms with Gasteiger partial charge in [0.25, 0.3) is 5.91 Å². The van der Waals surface area contributed by atoms with E-state index in [9.17, 15) is 4.79 Å². The minimum absolute atomic E-state index is 0.356. The second-order valence-corrected chi connectivity index (χ2v) is 5.12. The Labute approximate surface area is 106 Å². The van der Waals surface area contributed by atoms with E-state index in [1.807, 2.05) is 18.4 Å². The summed E-state index contributed by atoms with van der Waals surface area (Å²) in [6.45, 7) is 1.91. The Kier molecular flexibility index (Phi) is 3.82. The van der Waals surface area contributed by atoms with Crippen LogP contribution >= 0.6 is 23.1 Å². The molecule has 17 heavy (non-hydrogen) atoms. The van der Waals surface area contributed by atoms with Crippen LogP contribution in [0.2, 0.25) is 0 Å². The minimum Gasteiger partial charge on any atom is -0.468 e. The van der Waals surface area contributed by atoms with Crippen molar-refractivity contribution in [3.63, 3.8) is 0 Å². The van der Waals surface area contributed by atoms with Gasteiger partial charge >= 0.3 is 0 Å². The summed E-state index contributed by atoms with van der Waals surface area (Å²) in [5, 5.41) is 2.24. The van der Waals surface area contributed by atoms with Crippen molar-refractivity contribution >= 4 is 29.0 Å². The second-order valence-electron chi connectivity index (χ2n) is 3.25. The first-order valence-electron chi connectivity index (χ1n) is 4.83. The second kappa shape index (κ2) is 5.35. The van der Waals surface area contributed by atoms with Gasteiger partial charge in [-0.1, -0.05) is 0 Å². The van der Waals surface area contributed by atoms with Crippen molar-refractivity contribution in [1.82, 2.24) is 10.4 Å². The molecule has 2 rings (SSSR count). The third-order valence-corrected chi connectivity index (χ3v) is 4.13. The molecule has 0 bridgehead atoms. The number of nitrogens with one attached hydrogen (secondary N) is 1. The van der Waals surface area contributed by atoms with Gasteiger partial charge in [0, 0.05) is 16.0 Å². The molecule has 5 nitrogen and oxygen atoms in total. The van der Waals surface area contributed by atoms with E-state index in [0.29, 0.717) is 10.8 Å². The smallest absolute Gasteiger partial charge is 0.294 e. The summed E-state index contributed by atoms with van der Waals surface area (Å²) in [5.74, 6) is 6.27. The maximum absolute atomic E-state index is 11.2. The molecule has 0 fully saturated rings. The molecule has 2 aromatic heterocycles. The highest BCUT2D eigenvalue weighted by Crippen LogP contribution is 2.27. The Morgan fingerprint density at radius 3 is 3.18 bits per heavy atom. The number of nitrogens with zero attached hydrogens (tertiary/aromatic N) is 1. The van der Waals surface area contributed by atoms with E-state index in [-0.39, 0.29) is 5.91 Å². The van der Waals surface area contributed by atoms with E-state index in [0.717, 1.165) is 16.3 Å². The van der Waals surface area contributed by atoms with Crippen LogP contribution in [0.25, 0.3) is 0 Å². The first-order chi connectivity index (χ1) is 8.20. The number of nitrogen functional groups attached to an aromatic ring is 1. The SMILES string of the molecule is Cc1occc1SCc1csc(C(=O)NN)n1. The standard InChI is InChI=1S/C10H11N3O2S2/c1-6-8(2-3-15-6)16-4-7-5-17-10(12-7)9(14)13-11/h2-3,5H,4,11H2,1H3,(H,13,14). The van der Waals surface area contributed by atoms with E-state index < -0.39 is 0 Å². The molecule has 0 atom stereocenters. The molecular formula is C10H11N3O2S2. The fraction of sp³-hybridized carbons (Fsp3) is 0.200. The predicted octanol–water partition coefficient (Wildman–Crippen LogP) is 1.94. The molecule has 0 saturated heterocycles. The number of aryl methyl sites for hydroxylation is 1.